The first-order chi connectivity index (χ1) is 5.29. The molecule has 4 heteroatoms. The number of nitrogens with one attached hydrogen (secondary N) is 1. The smallest absolute Gasteiger partial charge is 0.308 e. The summed E-state index contributed by atoms with van der Waals surface area (Å²) in [6, 6.07) is 0.285. The summed E-state index contributed by atoms with van der Waals surface area (Å²) >= 11 is 0. The Kier molecular flexibility index (Phi) is 2.96. The summed E-state index contributed by atoms with van der Waals surface area (Å²) in [6.45, 7) is 0.887. The molecule has 3 nitrogen and oxygen atoms in total. The fourth-order valence-corrected chi connectivity index (χ4v) is 1.95. The number of hydrogen-bond donors (Lipinski definition) is 2. The minimum Gasteiger partial charge on any atom is -0.481 e. The predicted molar refractivity (Wildman–Crippen MR) is 47.5 cm³/mol. The minimum atomic E-state index is -0.619. The number of carboxylic acids is 1. The molecule has 2 fully saturated rings. The van der Waals surface area contributed by atoms with Gasteiger partial charge in [-0.25, -0.2) is 0 Å². The summed E-state index contributed by atoms with van der Waals surface area (Å²) in [6.07, 6.45) is 3.26. The molecule has 1 saturated heterocycles. The molecule has 0 spiro atoms. The van der Waals surface area contributed by atoms with E-state index >= 15 is 0 Å². The van der Waals surface area contributed by atoms with Crippen LogP contribution in [0.3, 0.4) is 0 Å². The molecule has 0 unspecified atom stereocenters. The molecule has 1 saturated carbocycles. The highest BCUT2D eigenvalue weighted by atomic mass is 35.5. The molecule has 2 rings (SSSR count). The lowest BCUT2D eigenvalue weighted by Gasteiger charge is -2.13. The van der Waals surface area contributed by atoms with Crippen molar-refractivity contribution in [3.8, 4) is 0 Å². The summed E-state index contributed by atoms with van der Waals surface area (Å²) in [5.74, 6) is -0.0620. The fraction of sp³-hybridized carbons (Fsp3) is 0.875. The summed E-state index contributed by atoms with van der Waals surface area (Å²) in [4.78, 5) is 10.7. The lowest BCUT2D eigenvalue weighted by molar-refractivity contribution is -0.142. The highest BCUT2D eigenvalue weighted by Gasteiger charge is 2.42. The van der Waals surface area contributed by atoms with Gasteiger partial charge in [0.25, 0.3) is 0 Å². The third-order valence-corrected chi connectivity index (χ3v) is 2.72. The molecule has 70 valence electrons. The molecule has 2 atom stereocenters. The molecule has 0 radical (unpaired) electrons. The van der Waals surface area contributed by atoms with Crippen molar-refractivity contribution in [1.29, 1.82) is 0 Å². The van der Waals surface area contributed by atoms with E-state index in [0.29, 0.717) is 5.92 Å². The van der Waals surface area contributed by atoms with Gasteiger partial charge in [0.15, 0.2) is 0 Å². The van der Waals surface area contributed by atoms with Crippen molar-refractivity contribution in [2.45, 2.75) is 25.3 Å². The van der Waals surface area contributed by atoms with Crippen molar-refractivity contribution in [2.24, 2.45) is 11.8 Å². The number of hydrogen-bond acceptors (Lipinski definition) is 2. The molecule has 0 bridgehead atoms. The van der Waals surface area contributed by atoms with E-state index in [9.17, 15) is 4.79 Å². The highest BCUT2D eigenvalue weighted by molar-refractivity contribution is 5.85. The van der Waals surface area contributed by atoms with Gasteiger partial charge in [0.1, 0.15) is 0 Å². The van der Waals surface area contributed by atoms with Gasteiger partial charge in [0.05, 0.1) is 5.92 Å². The minimum absolute atomic E-state index is 0. The van der Waals surface area contributed by atoms with E-state index in [2.05, 4.69) is 5.32 Å². The predicted octanol–water partition coefficient (Wildman–Crippen LogP) is 0.881. The van der Waals surface area contributed by atoms with Gasteiger partial charge < -0.3 is 10.4 Å². The van der Waals surface area contributed by atoms with Crippen LogP contribution in [0.4, 0.5) is 0 Å². The van der Waals surface area contributed by atoms with Gasteiger partial charge in [-0.05, 0) is 31.7 Å². The Morgan fingerprint density at radius 3 is 2.50 bits per heavy atom. The van der Waals surface area contributed by atoms with Crippen molar-refractivity contribution in [2.75, 3.05) is 6.54 Å². The Hall–Kier alpha value is -0.280. The topological polar surface area (TPSA) is 49.3 Å². The van der Waals surface area contributed by atoms with Crippen LogP contribution in [-0.4, -0.2) is 23.7 Å². The maximum Gasteiger partial charge on any atom is 0.308 e. The van der Waals surface area contributed by atoms with Crippen LogP contribution in [0.2, 0.25) is 0 Å². The van der Waals surface area contributed by atoms with Crippen molar-refractivity contribution < 1.29 is 9.90 Å². The van der Waals surface area contributed by atoms with Crippen molar-refractivity contribution in [1.82, 2.24) is 5.32 Å². The summed E-state index contributed by atoms with van der Waals surface area (Å²) in [5.41, 5.74) is 0. The van der Waals surface area contributed by atoms with Crippen molar-refractivity contribution >= 4 is 18.4 Å². The Morgan fingerprint density at radius 1 is 1.33 bits per heavy atom. The summed E-state index contributed by atoms with van der Waals surface area (Å²) in [7, 11) is 0. The summed E-state index contributed by atoms with van der Waals surface area (Å²) < 4.78 is 0. The van der Waals surface area contributed by atoms with Crippen LogP contribution in [0.5, 0.6) is 0 Å². The highest BCUT2D eigenvalue weighted by Crippen LogP contribution is 2.38. The first-order valence-corrected chi connectivity index (χ1v) is 4.25. The van der Waals surface area contributed by atoms with E-state index < -0.39 is 5.97 Å². The number of rotatable bonds is 2. The van der Waals surface area contributed by atoms with E-state index in [1.54, 1.807) is 0 Å². The second-order valence-corrected chi connectivity index (χ2v) is 3.55. The van der Waals surface area contributed by atoms with E-state index in [1.807, 2.05) is 0 Å². The van der Waals surface area contributed by atoms with Crippen LogP contribution in [0.1, 0.15) is 19.3 Å². The van der Waals surface area contributed by atoms with Gasteiger partial charge in [-0.1, -0.05) is 0 Å². The Balaban J connectivity index is 0.000000720. The van der Waals surface area contributed by atoms with Gasteiger partial charge in [-0.2, -0.15) is 0 Å². The Labute approximate surface area is 77.9 Å². The maximum absolute atomic E-state index is 10.7. The number of aliphatic carboxylic acids is 1. The Morgan fingerprint density at radius 2 is 2.00 bits per heavy atom. The van der Waals surface area contributed by atoms with Crippen LogP contribution >= 0.6 is 12.4 Å². The zero-order valence-corrected chi connectivity index (χ0v) is 7.64. The van der Waals surface area contributed by atoms with Crippen LogP contribution in [0.25, 0.3) is 0 Å². The third-order valence-electron chi connectivity index (χ3n) is 2.72. The largest absolute Gasteiger partial charge is 0.481 e. The normalized spacial score (nSPS) is 34.3. The number of halogens is 1. The molecule has 1 aliphatic carbocycles. The number of carbonyl (C=O) groups is 1. The summed E-state index contributed by atoms with van der Waals surface area (Å²) in [5, 5.41) is 12.1. The third kappa shape index (κ3) is 1.72. The average Bonchev–Trinajstić information content (AvgIpc) is 2.68. The molecule has 0 aromatic carbocycles. The van der Waals surface area contributed by atoms with Gasteiger partial charge in [0, 0.05) is 6.04 Å². The molecule has 0 aromatic heterocycles. The van der Waals surface area contributed by atoms with E-state index in [1.165, 1.54) is 12.8 Å². The van der Waals surface area contributed by atoms with Gasteiger partial charge in [-0.15, -0.1) is 12.4 Å². The molecular formula is C8H14ClNO2. The maximum atomic E-state index is 10.7. The van der Waals surface area contributed by atoms with E-state index in [0.717, 1.165) is 13.0 Å². The lowest BCUT2D eigenvalue weighted by atomic mass is 9.97. The second kappa shape index (κ2) is 3.62. The first-order valence-electron chi connectivity index (χ1n) is 4.25. The lowest BCUT2D eigenvalue weighted by Crippen LogP contribution is -2.33. The van der Waals surface area contributed by atoms with Gasteiger partial charge in [-0.3, -0.25) is 4.79 Å². The number of carboxylic acid groups (broad SMARTS) is 1. The van der Waals surface area contributed by atoms with Gasteiger partial charge in [0.2, 0.25) is 0 Å². The molecule has 0 amide bonds. The first kappa shape index (κ1) is 9.81. The molecule has 2 N–H and O–H groups in total. The van der Waals surface area contributed by atoms with E-state index in [-0.39, 0.29) is 24.4 Å². The zero-order chi connectivity index (χ0) is 7.84. The van der Waals surface area contributed by atoms with Crippen LogP contribution in [0.15, 0.2) is 0 Å². The standard InChI is InChI=1S/C8H13NO2.ClH/c10-8(11)6-3-4-9-7(6)5-1-2-5;/h5-7,9H,1-4H2,(H,10,11);1H/t6-,7+;/m1./s1. The molecule has 1 aliphatic heterocycles. The van der Waals surface area contributed by atoms with Crippen molar-refractivity contribution in [3.05, 3.63) is 0 Å². The van der Waals surface area contributed by atoms with Crippen molar-refractivity contribution in [3.63, 3.8) is 0 Å². The molecule has 12 heavy (non-hydrogen) atoms. The van der Waals surface area contributed by atoms with Gasteiger partial charge >= 0.3 is 5.97 Å². The van der Waals surface area contributed by atoms with E-state index in [4.69, 9.17) is 5.11 Å². The SMILES string of the molecule is Cl.O=C(O)[C@@H]1CCN[C@H]1C1CC1. The fourth-order valence-electron chi connectivity index (χ4n) is 1.95. The molecular weight excluding hydrogens is 178 g/mol. The molecule has 2 aliphatic rings. The van der Waals surface area contributed by atoms with Crippen LogP contribution in [-0.2, 0) is 4.79 Å². The van der Waals surface area contributed by atoms with Crippen LogP contribution in [0, 0.1) is 11.8 Å². The zero-order valence-electron chi connectivity index (χ0n) is 6.82. The molecule has 1 heterocycles. The average molecular weight is 192 g/mol. The quantitative estimate of drug-likeness (QED) is 0.682. The monoisotopic (exact) mass is 191 g/mol. The van der Waals surface area contributed by atoms with Crippen LogP contribution < -0.4 is 5.32 Å². The Bertz CT molecular complexity index is 182. The second-order valence-electron chi connectivity index (χ2n) is 3.55. The molecule has 0 aromatic rings.